The van der Waals surface area contributed by atoms with Crippen LogP contribution in [0.25, 0.3) is 0 Å². The van der Waals surface area contributed by atoms with Crippen LogP contribution in [0.3, 0.4) is 0 Å². The van der Waals surface area contributed by atoms with Crippen LogP contribution < -0.4 is 5.32 Å². The van der Waals surface area contributed by atoms with Crippen molar-refractivity contribution < 1.29 is 27.9 Å². The number of carbonyl (C=O) groups excluding carboxylic acids is 1. The molecule has 2 saturated carbocycles. The number of alkyl halides is 3. The lowest BCUT2D eigenvalue weighted by atomic mass is 9.96. The smallest absolute Gasteiger partial charge is 0.416 e. The van der Waals surface area contributed by atoms with Crippen molar-refractivity contribution in [3.63, 3.8) is 0 Å². The Morgan fingerprint density at radius 2 is 1.86 bits per heavy atom. The molecule has 36 heavy (non-hydrogen) atoms. The summed E-state index contributed by atoms with van der Waals surface area (Å²) in [5.74, 6) is 0.578. The monoisotopic (exact) mass is 509 g/mol. The van der Waals surface area contributed by atoms with Gasteiger partial charge in [0.05, 0.1) is 5.56 Å². The van der Waals surface area contributed by atoms with Gasteiger partial charge in [0.1, 0.15) is 6.04 Å². The van der Waals surface area contributed by atoms with E-state index in [1.165, 1.54) is 17.0 Å². The third kappa shape index (κ3) is 6.15. The molecule has 2 aliphatic carbocycles. The standard InChI is InChI=1S/C27H38F3N3O3/c1-17(2)12-24(33(26(35)36)21-8-3-4-9-21)25(34)31-23-11-10-19-15-32(16-22(19)23)14-18-6-5-7-20(13-18)27(28,29)30/h5-7,13,17,19,21-24H,3-4,8-12,14-16H2,1-2H3,(H,31,34)(H,35,36)/t19-,22+,23+,24-/m0/s1. The summed E-state index contributed by atoms with van der Waals surface area (Å²) in [5.41, 5.74) is 0.00187. The minimum atomic E-state index is -4.36. The molecule has 0 bridgehead atoms. The van der Waals surface area contributed by atoms with Gasteiger partial charge in [-0.25, -0.2) is 4.79 Å². The van der Waals surface area contributed by atoms with E-state index in [-0.39, 0.29) is 29.8 Å². The highest BCUT2D eigenvalue weighted by Crippen LogP contribution is 2.39. The average Bonchev–Trinajstić information content (AvgIpc) is 3.52. The molecule has 2 amide bonds. The Labute approximate surface area is 211 Å². The predicted octanol–water partition coefficient (Wildman–Crippen LogP) is 5.37. The van der Waals surface area contributed by atoms with Gasteiger partial charge in [-0.1, -0.05) is 44.9 Å². The summed E-state index contributed by atoms with van der Waals surface area (Å²) in [5, 5.41) is 13.2. The Bertz CT molecular complexity index is 932. The largest absolute Gasteiger partial charge is 0.465 e. The maximum Gasteiger partial charge on any atom is 0.416 e. The number of hydrogen-bond acceptors (Lipinski definition) is 3. The molecule has 200 valence electrons. The van der Waals surface area contributed by atoms with E-state index in [4.69, 9.17) is 0 Å². The van der Waals surface area contributed by atoms with Crippen LogP contribution in [0.15, 0.2) is 24.3 Å². The average molecular weight is 510 g/mol. The molecular weight excluding hydrogens is 471 g/mol. The number of nitrogens with one attached hydrogen (secondary N) is 1. The van der Waals surface area contributed by atoms with E-state index in [1.807, 2.05) is 13.8 Å². The van der Waals surface area contributed by atoms with Gasteiger partial charge in [-0.2, -0.15) is 13.2 Å². The number of benzene rings is 1. The third-order valence-corrected chi connectivity index (χ3v) is 8.19. The maximum absolute atomic E-state index is 13.5. The Hall–Kier alpha value is -2.29. The van der Waals surface area contributed by atoms with Crippen molar-refractivity contribution in [1.82, 2.24) is 15.1 Å². The molecule has 1 aromatic carbocycles. The molecular formula is C27H38F3N3O3. The minimum Gasteiger partial charge on any atom is -0.465 e. The minimum absolute atomic E-state index is 0.0390. The van der Waals surface area contributed by atoms with Crippen molar-refractivity contribution in [2.75, 3.05) is 13.1 Å². The molecule has 1 saturated heterocycles. The lowest BCUT2D eigenvalue weighted by Gasteiger charge is -2.35. The fraction of sp³-hybridized carbons (Fsp3) is 0.704. The van der Waals surface area contributed by atoms with Crippen LogP contribution in [0, 0.1) is 17.8 Å². The molecule has 2 N–H and O–H groups in total. The number of hydrogen-bond donors (Lipinski definition) is 2. The Kier molecular flexibility index (Phi) is 8.17. The molecule has 6 nitrogen and oxygen atoms in total. The number of fused-ring (bicyclic) bond motifs is 1. The molecule has 1 aromatic rings. The Morgan fingerprint density at radius 1 is 1.14 bits per heavy atom. The second-order valence-electron chi connectivity index (χ2n) is 11.3. The fourth-order valence-electron chi connectivity index (χ4n) is 6.57. The molecule has 0 radical (unpaired) electrons. The lowest BCUT2D eigenvalue weighted by Crippen LogP contribution is -2.55. The third-order valence-electron chi connectivity index (χ3n) is 8.19. The van der Waals surface area contributed by atoms with Crippen LogP contribution in [0.5, 0.6) is 0 Å². The van der Waals surface area contributed by atoms with Gasteiger partial charge < -0.3 is 10.4 Å². The van der Waals surface area contributed by atoms with Crippen LogP contribution in [-0.4, -0.2) is 58.1 Å². The predicted molar refractivity (Wildman–Crippen MR) is 130 cm³/mol. The molecule has 1 heterocycles. The van der Waals surface area contributed by atoms with E-state index < -0.39 is 23.9 Å². The van der Waals surface area contributed by atoms with Crippen molar-refractivity contribution in [2.45, 2.75) is 89.6 Å². The van der Waals surface area contributed by atoms with E-state index in [0.29, 0.717) is 31.0 Å². The number of carboxylic acid groups (broad SMARTS) is 1. The molecule has 9 heteroatoms. The van der Waals surface area contributed by atoms with Gasteiger partial charge in [-0.15, -0.1) is 0 Å². The molecule has 0 aromatic heterocycles. The van der Waals surface area contributed by atoms with Crippen LogP contribution in [-0.2, 0) is 17.5 Å². The Balaban J connectivity index is 1.41. The summed E-state index contributed by atoms with van der Waals surface area (Å²) in [4.78, 5) is 29.3. The zero-order valence-corrected chi connectivity index (χ0v) is 21.1. The van der Waals surface area contributed by atoms with Crippen molar-refractivity contribution in [3.8, 4) is 0 Å². The van der Waals surface area contributed by atoms with Crippen molar-refractivity contribution in [3.05, 3.63) is 35.4 Å². The quantitative estimate of drug-likeness (QED) is 0.494. The van der Waals surface area contributed by atoms with Crippen LogP contribution in [0.2, 0.25) is 0 Å². The summed E-state index contributed by atoms with van der Waals surface area (Å²) >= 11 is 0. The lowest BCUT2D eigenvalue weighted by molar-refractivity contribution is -0.137. The van der Waals surface area contributed by atoms with Gasteiger partial charge in [-0.3, -0.25) is 14.6 Å². The zero-order chi connectivity index (χ0) is 26.0. The number of nitrogens with zero attached hydrogens (tertiary/aromatic N) is 2. The maximum atomic E-state index is 13.5. The van der Waals surface area contributed by atoms with Crippen LogP contribution in [0.4, 0.5) is 18.0 Å². The zero-order valence-electron chi connectivity index (χ0n) is 21.1. The van der Waals surface area contributed by atoms with Gasteiger partial charge in [0, 0.05) is 31.7 Å². The van der Waals surface area contributed by atoms with E-state index >= 15 is 0 Å². The summed E-state index contributed by atoms with van der Waals surface area (Å²) in [6.07, 6.45) is 0.466. The van der Waals surface area contributed by atoms with E-state index in [2.05, 4.69) is 10.2 Å². The van der Waals surface area contributed by atoms with Gasteiger partial charge in [0.15, 0.2) is 0 Å². The molecule has 4 rings (SSSR count). The van der Waals surface area contributed by atoms with E-state index in [0.717, 1.165) is 51.1 Å². The number of rotatable bonds is 8. The molecule has 0 spiro atoms. The highest BCUT2D eigenvalue weighted by Gasteiger charge is 2.45. The van der Waals surface area contributed by atoms with Crippen molar-refractivity contribution in [1.29, 1.82) is 0 Å². The first-order chi connectivity index (χ1) is 17.0. The first kappa shape index (κ1) is 26.8. The van der Waals surface area contributed by atoms with E-state index in [1.54, 1.807) is 6.07 Å². The molecule has 3 aliphatic rings. The van der Waals surface area contributed by atoms with Gasteiger partial charge in [-0.05, 0) is 61.5 Å². The second kappa shape index (κ2) is 11.0. The number of halogens is 3. The van der Waals surface area contributed by atoms with E-state index in [9.17, 15) is 27.9 Å². The summed E-state index contributed by atoms with van der Waals surface area (Å²) in [6.45, 7) is 5.96. The van der Waals surface area contributed by atoms with Gasteiger partial charge in [0.2, 0.25) is 5.91 Å². The highest BCUT2D eigenvalue weighted by atomic mass is 19.4. The highest BCUT2D eigenvalue weighted by molar-refractivity contribution is 5.85. The van der Waals surface area contributed by atoms with Crippen molar-refractivity contribution in [2.24, 2.45) is 17.8 Å². The fourth-order valence-corrected chi connectivity index (χ4v) is 6.57. The summed E-state index contributed by atoms with van der Waals surface area (Å²) < 4.78 is 39.3. The normalized spacial score (nSPS) is 25.8. The molecule has 1 aliphatic heterocycles. The topological polar surface area (TPSA) is 72.9 Å². The number of amides is 2. The summed E-state index contributed by atoms with van der Waals surface area (Å²) in [7, 11) is 0. The van der Waals surface area contributed by atoms with Gasteiger partial charge >= 0.3 is 12.3 Å². The Morgan fingerprint density at radius 3 is 2.50 bits per heavy atom. The van der Waals surface area contributed by atoms with Crippen molar-refractivity contribution >= 4 is 12.0 Å². The van der Waals surface area contributed by atoms with Crippen LogP contribution >= 0.6 is 0 Å². The first-order valence-electron chi connectivity index (χ1n) is 13.2. The molecule has 4 atom stereocenters. The second-order valence-corrected chi connectivity index (χ2v) is 11.3. The van der Waals surface area contributed by atoms with Crippen LogP contribution in [0.1, 0.15) is 69.9 Å². The number of carbonyl (C=O) groups is 2. The SMILES string of the molecule is CC(C)C[C@@H](C(=O)N[C@@H]1CC[C@H]2CN(Cc3cccc(C(F)(F)F)c3)C[C@H]21)N(C(=O)O)C1CCCC1. The first-order valence-corrected chi connectivity index (χ1v) is 13.2. The number of likely N-dealkylation sites (tertiary alicyclic amines) is 1. The summed E-state index contributed by atoms with van der Waals surface area (Å²) in [6, 6.07) is 4.63. The molecule has 3 fully saturated rings. The molecule has 0 unspecified atom stereocenters. The van der Waals surface area contributed by atoms with Gasteiger partial charge in [0.25, 0.3) is 0 Å².